The molecule has 2 heterocycles. The third-order valence-corrected chi connectivity index (χ3v) is 16.4. The Morgan fingerprint density at radius 3 is 0.827 bits per heavy atom. The van der Waals surface area contributed by atoms with Crippen LogP contribution in [0.5, 0.6) is 11.5 Å². The van der Waals surface area contributed by atoms with Crippen LogP contribution in [0.1, 0.15) is 22.3 Å². The van der Waals surface area contributed by atoms with Crippen LogP contribution in [0.15, 0.2) is 182 Å². The molecule has 0 aliphatic carbocycles. The van der Waals surface area contributed by atoms with Gasteiger partial charge in [-0.2, -0.15) is 71.0 Å². The molecule has 0 bridgehead atoms. The van der Waals surface area contributed by atoms with Crippen molar-refractivity contribution in [3.05, 3.63) is 144 Å². The molecule has 0 radical (unpaired) electrons. The van der Waals surface area contributed by atoms with Crippen molar-refractivity contribution in [2.75, 3.05) is 0 Å². The van der Waals surface area contributed by atoms with Gasteiger partial charge in [0.25, 0.3) is 60.7 Å². The Hall–Kier alpha value is -7.52. The minimum atomic E-state index is -5.10. The van der Waals surface area contributed by atoms with Crippen LogP contribution in [0.2, 0.25) is 0 Å². The molecule has 0 unspecified atom stereocenters. The summed E-state index contributed by atoms with van der Waals surface area (Å²) in [5.41, 5.74) is -3.77. The number of phenols is 2. The number of azo groups is 3. The Balaban J connectivity index is 0.00000946. The zero-order valence-corrected chi connectivity index (χ0v) is 47.3. The first kappa shape index (κ1) is 61.1. The molecule has 0 aliphatic rings. The van der Waals surface area contributed by atoms with Crippen LogP contribution >= 0.6 is 0 Å². The topological polar surface area (TPSA) is 467 Å². The Kier molecular flexibility index (Phi) is 17.5. The van der Waals surface area contributed by atoms with Gasteiger partial charge in [0.15, 0.2) is 11.5 Å². The predicted molar refractivity (Wildman–Crippen MR) is 282 cm³/mol. The van der Waals surface area contributed by atoms with Gasteiger partial charge < -0.3 is 10.2 Å². The number of hydrogen-bond acceptors (Lipinski definition) is 22. The molecule has 0 fully saturated rings. The molecule has 81 heavy (non-hydrogen) atoms. The van der Waals surface area contributed by atoms with Crippen LogP contribution in [0.25, 0.3) is 46.1 Å². The first-order valence-electron chi connectivity index (χ1n) is 21.5. The molecule has 8 N–H and O–H groups in total. The van der Waals surface area contributed by atoms with Gasteiger partial charge in [-0.1, -0.05) is 48.6 Å². The Morgan fingerprint density at radius 2 is 0.580 bits per heavy atom. The van der Waals surface area contributed by atoms with Crippen molar-refractivity contribution in [1.29, 1.82) is 0 Å². The van der Waals surface area contributed by atoms with Gasteiger partial charge in [0.05, 0.1) is 22.7 Å². The number of nitrogens with zero attached hydrogens (tertiary/aromatic N) is 8. The summed E-state index contributed by atoms with van der Waals surface area (Å²) in [6.07, 6.45) is 6.55. The quantitative estimate of drug-likeness (QED) is 0.0229. The van der Waals surface area contributed by atoms with Gasteiger partial charge in [-0.3, -0.25) is 37.3 Å². The molecule has 0 atom stereocenters. The Labute approximate surface area is 480 Å². The van der Waals surface area contributed by atoms with Gasteiger partial charge in [0, 0.05) is 23.2 Å². The standard InChI is InChI=1S/C46H32N8O20S6.Na/c55-45-35(23-41(79(69,70)71)33-3-1-17-47-43(33)45)53-51-31-15-11-27(39(21-31)77(63,64)65)7-5-25-9-13-29(19-37(25)75(57,58)59)49-50-30-14-10-26(38(20-30)76(60,61)62)6-8-28-12-16-32(22-40(28)78(66,67)68)52-54-36-24-42(80(72,73)74)34-4-2-18-48-44(34)46(36)56;/h1-24,55-56H,(H,57,58,59)(H,60,61,62)(H,63,64,65)(H,66,67,68)(H,69,70,71)(H,72,73,74);/q;+1/b7-5+,8-6+,50-49?,53-51?,54-52?;. The molecular formula is C46H32N8NaO20S6+. The molecule has 8 rings (SSSR count). The summed E-state index contributed by atoms with van der Waals surface area (Å²) in [4.78, 5) is 3.20. The van der Waals surface area contributed by atoms with E-state index in [1.165, 1.54) is 48.8 Å². The van der Waals surface area contributed by atoms with E-state index in [4.69, 9.17) is 0 Å². The van der Waals surface area contributed by atoms with Crippen molar-refractivity contribution in [1.82, 2.24) is 9.97 Å². The molecule has 0 saturated carbocycles. The van der Waals surface area contributed by atoms with Crippen molar-refractivity contribution in [2.24, 2.45) is 30.7 Å². The smallest absolute Gasteiger partial charge is 0.504 e. The number of hydrogen-bond donors (Lipinski definition) is 8. The van der Waals surface area contributed by atoms with Crippen LogP contribution in [0.4, 0.5) is 34.1 Å². The van der Waals surface area contributed by atoms with Gasteiger partial charge in [0.2, 0.25) is 0 Å². The number of benzene rings is 6. The zero-order chi connectivity index (χ0) is 58.3. The van der Waals surface area contributed by atoms with E-state index in [1.807, 2.05) is 0 Å². The van der Waals surface area contributed by atoms with Crippen molar-refractivity contribution < 1.29 is 118 Å². The fourth-order valence-corrected chi connectivity index (χ4v) is 11.7. The van der Waals surface area contributed by atoms with E-state index in [2.05, 4.69) is 40.7 Å². The van der Waals surface area contributed by atoms with E-state index in [1.54, 1.807) is 0 Å². The summed E-state index contributed by atoms with van der Waals surface area (Å²) >= 11 is 0. The van der Waals surface area contributed by atoms with Crippen molar-refractivity contribution >= 4 is 141 Å². The maximum atomic E-state index is 12.6. The second-order valence-electron chi connectivity index (χ2n) is 16.3. The van der Waals surface area contributed by atoms with E-state index >= 15 is 0 Å². The van der Waals surface area contributed by atoms with Crippen LogP contribution in [0.3, 0.4) is 0 Å². The van der Waals surface area contributed by atoms with Crippen molar-refractivity contribution in [3.8, 4) is 11.5 Å². The normalized spacial score (nSPS) is 13.2. The molecule has 0 saturated heterocycles. The predicted octanol–water partition coefficient (Wildman–Crippen LogP) is 6.27. The number of aromatic nitrogens is 2. The van der Waals surface area contributed by atoms with E-state index in [0.29, 0.717) is 0 Å². The van der Waals surface area contributed by atoms with E-state index < -0.39 is 113 Å². The van der Waals surface area contributed by atoms with Gasteiger partial charge in [0.1, 0.15) is 51.8 Å². The third kappa shape index (κ3) is 14.2. The molecule has 2 aromatic heterocycles. The van der Waals surface area contributed by atoms with E-state index in [0.717, 1.165) is 97.1 Å². The van der Waals surface area contributed by atoms with Gasteiger partial charge in [-0.05, 0) is 107 Å². The van der Waals surface area contributed by atoms with Crippen LogP contribution in [-0.2, 0) is 60.7 Å². The van der Waals surface area contributed by atoms with E-state index in [-0.39, 0.29) is 96.4 Å². The van der Waals surface area contributed by atoms with Gasteiger partial charge in [-0.25, -0.2) is 0 Å². The summed E-state index contributed by atoms with van der Waals surface area (Å²) in [5.74, 6) is -1.31. The molecule has 35 heteroatoms. The first-order valence-corrected chi connectivity index (χ1v) is 30.2. The molecule has 28 nitrogen and oxygen atoms in total. The second-order valence-corrected chi connectivity index (χ2v) is 24.6. The average Bonchev–Trinajstić information content (AvgIpc) is 3.52. The number of fused-ring (bicyclic) bond motifs is 2. The third-order valence-electron chi connectivity index (χ3n) is 11.0. The second kappa shape index (κ2) is 23.1. The van der Waals surface area contributed by atoms with Crippen LogP contribution in [-0.4, -0.2) is 98.0 Å². The molecule has 6 aromatic carbocycles. The first-order chi connectivity index (χ1) is 37.3. The van der Waals surface area contributed by atoms with Crippen LogP contribution < -0.4 is 29.6 Å². The average molecular weight is 1230 g/mol. The summed E-state index contributed by atoms with van der Waals surface area (Å²) in [5, 5.41) is 44.0. The number of rotatable bonds is 16. The fraction of sp³-hybridized carbons (Fsp3) is 0. The Morgan fingerprint density at radius 1 is 0.333 bits per heavy atom. The molecule has 412 valence electrons. The Bertz CT molecular complexity index is 4510. The molecule has 0 spiro atoms. The SMILES string of the molecule is O=S(=O)(O)c1cc(N=Nc2ccc(/C=C/c3ccc(N=Nc4cc(S(=O)(=O)O)c5cccnc5c4O)cc3S(=O)(=O)O)c(S(=O)(=O)O)c2)ccc1/C=C/c1ccc(N=Nc2cc(S(=O)(=O)O)c3cccnc3c2O)cc1S(=O)(=O)O.[Na+]. The molecular weight excluding hydrogens is 1200 g/mol. The van der Waals surface area contributed by atoms with Gasteiger partial charge in [-0.15, -0.1) is 10.2 Å². The minimum Gasteiger partial charge on any atom is -0.504 e. The molecule has 0 amide bonds. The number of pyridine rings is 2. The van der Waals surface area contributed by atoms with Crippen molar-refractivity contribution in [2.45, 2.75) is 29.4 Å². The van der Waals surface area contributed by atoms with E-state index in [9.17, 15) is 88.0 Å². The summed E-state index contributed by atoms with van der Waals surface area (Å²) in [7, 11) is -30.1. The maximum Gasteiger partial charge on any atom is 1.00 e. The summed E-state index contributed by atoms with van der Waals surface area (Å²) < 4.78 is 209. The monoisotopic (exact) mass is 1230 g/mol. The maximum absolute atomic E-state index is 12.6. The summed E-state index contributed by atoms with van der Waals surface area (Å²) in [6, 6.07) is 19.1. The number of aromatic hydroxyl groups is 2. The largest absolute Gasteiger partial charge is 1.00 e. The zero-order valence-electron chi connectivity index (χ0n) is 40.4. The fourth-order valence-electron chi connectivity index (χ4n) is 7.43. The van der Waals surface area contributed by atoms with Crippen LogP contribution in [0, 0.1) is 0 Å². The number of phenolic OH excluding ortho intramolecular Hbond substituents is 2. The van der Waals surface area contributed by atoms with Gasteiger partial charge >= 0.3 is 29.6 Å². The van der Waals surface area contributed by atoms with Crippen molar-refractivity contribution in [3.63, 3.8) is 0 Å². The molecule has 0 aliphatic heterocycles. The minimum absolute atomic E-state index is 0. The summed E-state index contributed by atoms with van der Waals surface area (Å²) in [6.45, 7) is 0. The molecule has 8 aromatic rings.